The molecular formula is C27H28N2O5. The van der Waals surface area contributed by atoms with Crippen LogP contribution in [0.5, 0.6) is 5.75 Å². The van der Waals surface area contributed by atoms with Gasteiger partial charge in [-0.2, -0.15) is 0 Å². The van der Waals surface area contributed by atoms with Crippen molar-refractivity contribution in [1.29, 1.82) is 0 Å². The number of para-hydroxylation sites is 1. The fourth-order valence-corrected chi connectivity index (χ4v) is 4.77. The maximum absolute atomic E-state index is 13.4. The fraction of sp³-hybridized carbons (Fsp3) is 0.296. The number of carbonyl (C=O) groups is 2. The molecule has 3 aromatic rings. The predicted molar refractivity (Wildman–Crippen MR) is 129 cm³/mol. The minimum Gasteiger partial charge on any atom is -0.496 e. The minimum absolute atomic E-state index is 0.162. The van der Waals surface area contributed by atoms with Crippen molar-refractivity contribution in [2.24, 2.45) is 0 Å². The van der Waals surface area contributed by atoms with Gasteiger partial charge in [0.05, 0.1) is 12.5 Å². The molecule has 0 saturated heterocycles. The number of ether oxygens (including phenoxy) is 1. The van der Waals surface area contributed by atoms with Crippen molar-refractivity contribution in [3.8, 4) is 16.9 Å². The molecule has 1 aliphatic carbocycles. The Balaban J connectivity index is 1.52. The molecule has 1 amide bonds. The maximum atomic E-state index is 13.4. The lowest BCUT2D eigenvalue weighted by Gasteiger charge is -2.29. The van der Waals surface area contributed by atoms with E-state index in [0.717, 1.165) is 35.3 Å². The van der Waals surface area contributed by atoms with E-state index in [0.29, 0.717) is 18.4 Å². The van der Waals surface area contributed by atoms with Gasteiger partial charge in [-0.05, 0) is 35.6 Å². The summed E-state index contributed by atoms with van der Waals surface area (Å²) in [6.45, 7) is 0. The number of H-pyrrole nitrogens is 1. The number of carbonyl (C=O) groups excluding carboxylic acids is 1. The molecule has 2 aromatic carbocycles. The topological polar surface area (TPSA) is 108 Å². The van der Waals surface area contributed by atoms with Crippen molar-refractivity contribution in [3.05, 3.63) is 88.3 Å². The molecule has 1 fully saturated rings. The molecule has 176 valence electrons. The van der Waals surface area contributed by atoms with Crippen LogP contribution in [0.15, 0.2) is 71.7 Å². The van der Waals surface area contributed by atoms with Gasteiger partial charge in [0, 0.05) is 24.2 Å². The summed E-state index contributed by atoms with van der Waals surface area (Å²) in [7, 11) is 1.62. The molecule has 0 bridgehead atoms. The second-order valence-corrected chi connectivity index (χ2v) is 8.70. The van der Waals surface area contributed by atoms with Crippen LogP contribution in [0.4, 0.5) is 0 Å². The van der Waals surface area contributed by atoms with Crippen LogP contribution in [0.2, 0.25) is 0 Å². The summed E-state index contributed by atoms with van der Waals surface area (Å²) in [6, 6.07) is 17.3. The molecule has 34 heavy (non-hydrogen) atoms. The van der Waals surface area contributed by atoms with E-state index < -0.39 is 17.4 Å². The van der Waals surface area contributed by atoms with Crippen molar-refractivity contribution in [1.82, 2.24) is 10.3 Å². The van der Waals surface area contributed by atoms with E-state index in [4.69, 9.17) is 4.74 Å². The normalized spacial score (nSPS) is 15.4. The number of rotatable bonds is 8. The lowest BCUT2D eigenvalue weighted by molar-refractivity contribution is -0.142. The Labute approximate surface area is 197 Å². The smallest absolute Gasteiger partial charge is 0.326 e. The summed E-state index contributed by atoms with van der Waals surface area (Å²) < 4.78 is 5.43. The molecule has 1 atom stereocenters. The van der Waals surface area contributed by atoms with Crippen molar-refractivity contribution in [3.63, 3.8) is 0 Å². The van der Waals surface area contributed by atoms with Crippen LogP contribution in [0.3, 0.4) is 0 Å². The molecule has 7 heteroatoms. The number of pyridine rings is 1. The quantitative estimate of drug-likeness (QED) is 0.475. The number of carboxylic acid groups (broad SMARTS) is 1. The van der Waals surface area contributed by atoms with Crippen molar-refractivity contribution in [2.45, 2.75) is 43.6 Å². The highest BCUT2D eigenvalue weighted by molar-refractivity contribution is 5.92. The van der Waals surface area contributed by atoms with Crippen LogP contribution in [0, 0.1) is 0 Å². The van der Waals surface area contributed by atoms with E-state index in [1.54, 1.807) is 19.4 Å². The van der Waals surface area contributed by atoms with Crippen molar-refractivity contribution in [2.75, 3.05) is 7.11 Å². The summed E-state index contributed by atoms with van der Waals surface area (Å²) in [5, 5.41) is 12.6. The number of hydrogen-bond acceptors (Lipinski definition) is 4. The van der Waals surface area contributed by atoms with Gasteiger partial charge in [-0.3, -0.25) is 9.59 Å². The van der Waals surface area contributed by atoms with E-state index in [-0.39, 0.29) is 17.9 Å². The number of carboxylic acids is 1. The van der Waals surface area contributed by atoms with Gasteiger partial charge < -0.3 is 20.1 Å². The number of aromatic nitrogens is 1. The molecule has 0 unspecified atom stereocenters. The Morgan fingerprint density at radius 3 is 2.38 bits per heavy atom. The van der Waals surface area contributed by atoms with Gasteiger partial charge in [-0.15, -0.1) is 0 Å². The summed E-state index contributed by atoms with van der Waals surface area (Å²) in [5.41, 5.74) is 2.36. The van der Waals surface area contributed by atoms with Crippen molar-refractivity contribution >= 4 is 11.9 Å². The Kier molecular flexibility index (Phi) is 6.82. The number of aromatic amines is 1. The Morgan fingerprint density at radius 2 is 1.76 bits per heavy atom. The highest BCUT2D eigenvalue weighted by Gasteiger charge is 2.44. The first kappa shape index (κ1) is 23.3. The van der Waals surface area contributed by atoms with E-state index in [1.165, 1.54) is 6.07 Å². The third kappa shape index (κ3) is 4.73. The van der Waals surface area contributed by atoms with Gasteiger partial charge in [0.1, 0.15) is 11.8 Å². The van der Waals surface area contributed by atoms with Crippen LogP contribution in [0.25, 0.3) is 11.1 Å². The molecule has 0 aliphatic heterocycles. The minimum atomic E-state index is -1.09. The molecule has 1 saturated carbocycles. The molecule has 1 aliphatic rings. The Morgan fingerprint density at radius 1 is 1.06 bits per heavy atom. The molecule has 1 aromatic heterocycles. The van der Waals surface area contributed by atoms with Gasteiger partial charge >= 0.3 is 5.97 Å². The first-order chi connectivity index (χ1) is 16.4. The first-order valence-corrected chi connectivity index (χ1v) is 11.4. The summed E-state index contributed by atoms with van der Waals surface area (Å²) >= 11 is 0. The van der Waals surface area contributed by atoms with Crippen LogP contribution >= 0.6 is 0 Å². The summed E-state index contributed by atoms with van der Waals surface area (Å²) in [4.78, 5) is 39.5. The zero-order valence-corrected chi connectivity index (χ0v) is 19.0. The third-order valence-electron chi connectivity index (χ3n) is 6.64. The third-order valence-corrected chi connectivity index (χ3v) is 6.64. The Hall–Kier alpha value is -3.87. The molecule has 0 radical (unpaired) electrons. The van der Waals surface area contributed by atoms with Gasteiger partial charge in [0.2, 0.25) is 11.5 Å². The van der Waals surface area contributed by atoms with E-state index in [9.17, 15) is 19.5 Å². The number of nitrogens with one attached hydrogen (secondary N) is 2. The molecule has 4 rings (SSSR count). The summed E-state index contributed by atoms with van der Waals surface area (Å²) in [5.74, 6) is -0.637. The van der Waals surface area contributed by atoms with Crippen LogP contribution in [0.1, 0.15) is 36.8 Å². The second kappa shape index (κ2) is 9.95. The monoisotopic (exact) mass is 460 g/mol. The lowest BCUT2D eigenvalue weighted by atomic mass is 9.78. The first-order valence-electron chi connectivity index (χ1n) is 11.4. The van der Waals surface area contributed by atoms with Crippen LogP contribution in [-0.2, 0) is 21.4 Å². The largest absolute Gasteiger partial charge is 0.496 e. The standard InChI is InChI=1S/C27H28N2O5/c1-34-23-7-3-2-6-21(23)19-10-8-18(9-11-19)16-22(25(31)32)29-26(33)27(14-4-5-15-27)20-12-13-24(30)28-17-20/h2-3,6-13,17,22H,4-5,14-16H2,1H3,(H,28,30)(H,29,33)(H,31,32)/t22-/m0/s1. The molecule has 1 heterocycles. The number of aliphatic carboxylic acids is 1. The average Bonchev–Trinajstić information content (AvgIpc) is 3.36. The number of amides is 1. The van der Waals surface area contributed by atoms with Crippen LogP contribution < -0.4 is 15.6 Å². The van der Waals surface area contributed by atoms with E-state index in [1.807, 2.05) is 48.5 Å². The molecular weight excluding hydrogens is 432 g/mol. The SMILES string of the molecule is COc1ccccc1-c1ccc(C[C@H](NC(=O)C2(c3ccc(=O)[nH]c3)CCCC2)C(=O)O)cc1. The predicted octanol–water partition coefficient (Wildman–Crippen LogP) is 3.67. The fourth-order valence-electron chi connectivity index (χ4n) is 4.77. The summed E-state index contributed by atoms with van der Waals surface area (Å²) in [6.07, 6.45) is 4.70. The second-order valence-electron chi connectivity index (χ2n) is 8.70. The van der Waals surface area contributed by atoms with Gasteiger partial charge in [-0.25, -0.2) is 4.79 Å². The number of hydrogen-bond donors (Lipinski definition) is 3. The highest BCUT2D eigenvalue weighted by Crippen LogP contribution is 2.41. The van der Waals surface area contributed by atoms with E-state index >= 15 is 0 Å². The molecule has 7 nitrogen and oxygen atoms in total. The zero-order valence-electron chi connectivity index (χ0n) is 19.0. The average molecular weight is 461 g/mol. The van der Waals surface area contributed by atoms with Gasteiger partial charge in [0.25, 0.3) is 0 Å². The van der Waals surface area contributed by atoms with Gasteiger partial charge in [-0.1, -0.05) is 61.4 Å². The van der Waals surface area contributed by atoms with Crippen LogP contribution in [-0.4, -0.2) is 35.1 Å². The lowest BCUT2D eigenvalue weighted by Crippen LogP contribution is -2.50. The molecule has 3 N–H and O–H groups in total. The highest BCUT2D eigenvalue weighted by atomic mass is 16.5. The number of methoxy groups -OCH3 is 1. The molecule has 0 spiro atoms. The zero-order chi connectivity index (χ0) is 24.1. The number of benzene rings is 2. The Bertz CT molecular complexity index is 1210. The van der Waals surface area contributed by atoms with Gasteiger partial charge in [0.15, 0.2) is 0 Å². The maximum Gasteiger partial charge on any atom is 0.326 e. The van der Waals surface area contributed by atoms with Crippen molar-refractivity contribution < 1.29 is 19.4 Å². The van der Waals surface area contributed by atoms with E-state index in [2.05, 4.69) is 10.3 Å².